The Kier molecular flexibility index (Phi) is 3.59. The predicted molar refractivity (Wildman–Crippen MR) is 103 cm³/mol. The molecule has 0 spiro atoms. The van der Waals surface area contributed by atoms with E-state index in [9.17, 15) is 0 Å². The number of fused-ring (bicyclic) bond motifs is 4. The molecule has 0 unspecified atom stereocenters. The van der Waals surface area contributed by atoms with E-state index in [1.807, 2.05) is 6.07 Å². The van der Waals surface area contributed by atoms with Gasteiger partial charge in [0.1, 0.15) is 0 Å². The number of hydrogen-bond acceptors (Lipinski definition) is 6. The average molecular weight is 342 g/mol. The first-order chi connectivity index (χ1) is 12.9. The smallest absolute Gasteiger partial charge is 0.0933 e. The summed E-state index contributed by atoms with van der Waals surface area (Å²) in [7, 11) is 0. The Morgan fingerprint density at radius 2 is 1.35 bits per heavy atom. The standard InChI is InChI=1S/2C10H9N3/c1-3-11-9-5-8-2-4-12-13-10(8)6-7(1)9;1-2-11-8-6-10-9(5-7(1)8)12-3-4-13-10/h2,4-6,11H,1,3H2;3-6,11H,1-2H2. The van der Waals surface area contributed by atoms with E-state index in [4.69, 9.17) is 0 Å². The van der Waals surface area contributed by atoms with Gasteiger partial charge in [-0.1, -0.05) is 0 Å². The maximum absolute atomic E-state index is 4.27. The quantitative estimate of drug-likeness (QED) is 0.511. The van der Waals surface area contributed by atoms with Gasteiger partial charge in [0, 0.05) is 42.2 Å². The fourth-order valence-electron chi connectivity index (χ4n) is 3.54. The number of benzene rings is 2. The van der Waals surface area contributed by atoms with Gasteiger partial charge in [-0.25, -0.2) is 0 Å². The highest BCUT2D eigenvalue weighted by Gasteiger charge is 2.11. The largest absolute Gasteiger partial charge is 0.384 e. The lowest BCUT2D eigenvalue weighted by molar-refractivity contribution is 1.07. The van der Waals surface area contributed by atoms with Crippen LogP contribution < -0.4 is 10.6 Å². The van der Waals surface area contributed by atoms with Gasteiger partial charge in [-0.05, 0) is 54.3 Å². The van der Waals surface area contributed by atoms with Gasteiger partial charge in [0.15, 0.2) is 0 Å². The maximum Gasteiger partial charge on any atom is 0.0933 e. The van der Waals surface area contributed by atoms with Crippen LogP contribution in [0, 0.1) is 0 Å². The lowest BCUT2D eigenvalue weighted by Crippen LogP contribution is -1.91. The molecule has 0 aliphatic carbocycles. The Morgan fingerprint density at radius 3 is 2.12 bits per heavy atom. The molecule has 6 nitrogen and oxygen atoms in total. The van der Waals surface area contributed by atoms with Crippen molar-refractivity contribution in [1.29, 1.82) is 0 Å². The minimum absolute atomic E-state index is 0.968. The van der Waals surface area contributed by atoms with Crippen LogP contribution in [0.4, 0.5) is 11.4 Å². The fourth-order valence-corrected chi connectivity index (χ4v) is 3.54. The molecule has 2 aliphatic rings. The molecule has 0 saturated carbocycles. The van der Waals surface area contributed by atoms with Gasteiger partial charge in [-0.3, -0.25) is 9.97 Å². The number of anilines is 2. The first-order valence-corrected chi connectivity index (χ1v) is 8.82. The van der Waals surface area contributed by atoms with Gasteiger partial charge in [-0.2, -0.15) is 10.2 Å². The third-order valence-corrected chi connectivity index (χ3v) is 4.85. The normalized spacial score (nSPS) is 14.2. The van der Waals surface area contributed by atoms with Crippen LogP contribution >= 0.6 is 0 Å². The summed E-state index contributed by atoms with van der Waals surface area (Å²) in [5.74, 6) is 0. The van der Waals surface area contributed by atoms with Gasteiger partial charge in [-0.15, -0.1) is 0 Å². The van der Waals surface area contributed by atoms with Crippen molar-refractivity contribution < 1.29 is 0 Å². The number of nitrogens with one attached hydrogen (secondary N) is 2. The zero-order valence-electron chi connectivity index (χ0n) is 14.2. The molecule has 26 heavy (non-hydrogen) atoms. The molecule has 0 fully saturated rings. The Bertz CT molecular complexity index is 934. The van der Waals surface area contributed by atoms with Crippen molar-refractivity contribution in [3.63, 3.8) is 0 Å². The Morgan fingerprint density at radius 1 is 0.692 bits per heavy atom. The Hall–Kier alpha value is -3.28. The van der Waals surface area contributed by atoms with Crippen molar-refractivity contribution in [3.05, 3.63) is 60.0 Å². The van der Waals surface area contributed by atoms with Gasteiger partial charge in [0.2, 0.25) is 0 Å². The zero-order valence-corrected chi connectivity index (χ0v) is 14.2. The topological polar surface area (TPSA) is 75.6 Å². The molecule has 2 aliphatic heterocycles. The van der Waals surface area contributed by atoms with Crippen molar-refractivity contribution in [3.8, 4) is 0 Å². The average Bonchev–Trinajstić information content (AvgIpc) is 3.33. The Labute approximate surface area is 150 Å². The molecule has 6 rings (SSSR count). The molecule has 6 heteroatoms. The fraction of sp³-hybridized carbons (Fsp3) is 0.200. The van der Waals surface area contributed by atoms with E-state index in [-0.39, 0.29) is 0 Å². The molecule has 4 aromatic rings. The summed E-state index contributed by atoms with van der Waals surface area (Å²) >= 11 is 0. The summed E-state index contributed by atoms with van der Waals surface area (Å²) < 4.78 is 0. The molecule has 128 valence electrons. The minimum atomic E-state index is 0.968. The molecule has 0 atom stereocenters. The van der Waals surface area contributed by atoms with Crippen molar-refractivity contribution >= 4 is 33.3 Å². The van der Waals surface area contributed by atoms with Crippen LogP contribution in [0.25, 0.3) is 21.9 Å². The molecular formula is C20H18N6. The molecule has 4 heterocycles. The van der Waals surface area contributed by atoms with E-state index in [0.29, 0.717) is 0 Å². The highest BCUT2D eigenvalue weighted by Crippen LogP contribution is 2.27. The van der Waals surface area contributed by atoms with E-state index < -0.39 is 0 Å². The summed E-state index contributed by atoms with van der Waals surface area (Å²) in [6.07, 6.45) is 7.38. The first kappa shape index (κ1) is 15.0. The zero-order chi connectivity index (χ0) is 17.3. The predicted octanol–water partition coefficient (Wildman–Crippen LogP) is 3.20. The molecule has 2 N–H and O–H groups in total. The Balaban J connectivity index is 0.000000115. The lowest BCUT2D eigenvalue weighted by Gasteiger charge is -2.00. The number of hydrogen-bond donors (Lipinski definition) is 2. The van der Waals surface area contributed by atoms with E-state index in [0.717, 1.165) is 47.9 Å². The van der Waals surface area contributed by atoms with E-state index in [1.54, 1.807) is 18.6 Å². The van der Waals surface area contributed by atoms with Crippen LogP contribution in [0.5, 0.6) is 0 Å². The third-order valence-electron chi connectivity index (χ3n) is 4.85. The van der Waals surface area contributed by atoms with Gasteiger partial charge >= 0.3 is 0 Å². The summed E-state index contributed by atoms with van der Waals surface area (Å²) in [4.78, 5) is 8.52. The second kappa shape index (κ2) is 6.22. The van der Waals surface area contributed by atoms with Crippen LogP contribution in [0.3, 0.4) is 0 Å². The van der Waals surface area contributed by atoms with Crippen molar-refractivity contribution in [1.82, 2.24) is 20.2 Å². The highest BCUT2D eigenvalue weighted by molar-refractivity contribution is 5.84. The number of rotatable bonds is 0. The van der Waals surface area contributed by atoms with Crippen LogP contribution in [0.1, 0.15) is 11.1 Å². The second-order valence-electron chi connectivity index (χ2n) is 6.51. The minimum Gasteiger partial charge on any atom is -0.384 e. The van der Waals surface area contributed by atoms with E-state index >= 15 is 0 Å². The van der Waals surface area contributed by atoms with Crippen molar-refractivity contribution in [2.75, 3.05) is 23.7 Å². The molecule has 0 amide bonds. The summed E-state index contributed by atoms with van der Waals surface area (Å²) in [6, 6.07) is 10.5. The van der Waals surface area contributed by atoms with Crippen LogP contribution in [0.15, 0.2) is 48.9 Å². The van der Waals surface area contributed by atoms with E-state index in [2.05, 4.69) is 55.1 Å². The van der Waals surface area contributed by atoms with Gasteiger partial charge in [0.25, 0.3) is 0 Å². The first-order valence-electron chi connectivity index (χ1n) is 8.82. The number of nitrogens with zero attached hydrogens (tertiary/aromatic N) is 4. The molecule has 0 radical (unpaired) electrons. The lowest BCUT2D eigenvalue weighted by atomic mass is 10.1. The van der Waals surface area contributed by atoms with Crippen molar-refractivity contribution in [2.45, 2.75) is 12.8 Å². The van der Waals surface area contributed by atoms with Crippen LogP contribution in [-0.2, 0) is 12.8 Å². The van der Waals surface area contributed by atoms with Crippen molar-refractivity contribution in [2.24, 2.45) is 0 Å². The SMILES string of the molecule is c1cc2cc3c(cc2nn1)CCN3.c1cnc2cc3c(cc2n1)CCN3. The number of aromatic nitrogens is 4. The monoisotopic (exact) mass is 342 g/mol. The summed E-state index contributed by atoms with van der Waals surface area (Å²) in [5.41, 5.74) is 8.13. The molecule has 0 saturated heterocycles. The third kappa shape index (κ3) is 2.69. The second-order valence-corrected chi connectivity index (χ2v) is 6.51. The van der Waals surface area contributed by atoms with Gasteiger partial charge < -0.3 is 10.6 Å². The summed E-state index contributed by atoms with van der Waals surface area (Å²) in [6.45, 7) is 2.07. The molecular weight excluding hydrogens is 324 g/mol. The highest BCUT2D eigenvalue weighted by atomic mass is 15.1. The van der Waals surface area contributed by atoms with Gasteiger partial charge in [0.05, 0.1) is 22.7 Å². The van der Waals surface area contributed by atoms with Crippen LogP contribution in [-0.4, -0.2) is 33.3 Å². The molecule has 2 aromatic carbocycles. The van der Waals surface area contributed by atoms with E-state index in [1.165, 1.54) is 22.5 Å². The molecule has 0 bridgehead atoms. The van der Waals surface area contributed by atoms with Crippen LogP contribution in [0.2, 0.25) is 0 Å². The molecule has 2 aromatic heterocycles. The maximum atomic E-state index is 4.27. The summed E-state index contributed by atoms with van der Waals surface area (Å²) in [5, 5.41) is 15.8.